The van der Waals surface area contributed by atoms with Gasteiger partial charge in [0.25, 0.3) is 0 Å². The lowest BCUT2D eigenvalue weighted by atomic mass is 10.1. The Morgan fingerprint density at radius 3 is 2.94 bits per heavy atom. The molecular weight excluding hydrogens is 234 g/mol. The molecule has 2 rings (SSSR count). The van der Waals surface area contributed by atoms with Crippen molar-refractivity contribution in [2.24, 2.45) is 0 Å². The quantitative estimate of drug-likeness (QED) is 0.819. The van der Waals surface area contributed by atoms with Gasteiger partial charge >= 0.3 is 0 Å². The molecule has 5 heteroatoms. The lowest BCUT2D eigenvalue weighted by Crippen LogP contribution is -2.15. The average molecular weight is 251 g/mol. The van der Waals surface area contributed by atoms with Crippen LogP contribution in [0.25, 0.3) is 11.4 Å². The molecule has 0 N–H and O–H groups in total. The monoisotopic (exact) mass is 251 g/mol. The summed E-state index contributed by atoms with van der Waals surface area (Å²) in [5.41, 5.74) is 1.03. The van der Waals surface area contributed by atoms with Crippen LogP contribution in [0, 0.1) is 0 Å². The van der Waals surface area contributed by atoms with E-state index in [-0.39, 0.29) is 0 Å². The van der Waals surface area contributed by atoms with E-state index in [1.54, 1.807) is 11.3 Å². The fourth-order valence-electron chi connectivity index (χ4n) is 1.52. The SMILES string of the molecule is CC(CCN(C)C)c1nc(-c2ccsc2)no1. The van der Waals surface area contributed by atoms with Gasteiger partial charge in [-0.15, -0.1) is 0 Å². The van der Waals surface area contributed by atoms with E-state index < -0.39 is 0 Å². The summed E-state index contributed by atoms with van der Waals surface area (Å²) in [7, 11) is 4.13. The van der Waals surface area contributed by atoms with Gasteiger partial charge in [-0.3, -0.25) is 0 Å². The highest BCUT2D eigenvalue weighted by molar-refractivity contribution is 7.08. The predicted octanol–water partition coefficient (Wildman–Crippen LogP) is 2.85. The van der Waals surface area contributed by atoms with Crippen LogP contribution in [0.3, 0.4) is 0 Å². The summed E-state index contributed by atoms with van der Waals surface area (Å²) in [5, 5.41) is 8.06. The van der Waals surface area contributed by atoms with E-state index >= 15 is 0 Å². The van der Waals surface area contributed by atoms with Gasteiger partial charge in [-0.1, -0.05) is 12.1 Å². The van der Waals surface area contributed by atoms with E-state index in [2.05, 4.69) is 36.1 Å². The molecule has 0 aliphatic heterocycles. The average Bonchev–Trinajstić information content (AvgIpc) is 2.94. The Labute approximate surface area is 105 Å². The van der Waals surface area contributed by atoms with Gasteiger partial charge in [0.2, 0.25) is 11.7 Å². The summed E-state index contributed by atoms with van der Waals surface area (Å²) >= 11 is 1.64. The van der Waals surface area contributed by atoms with Gasteiger partial charge in [-0.05, 0) is 38.5 Å². The smallest absolute Gasteiger partial charge is 0.229 e. The van der Waals surface area contributed by atoms with Crippen molar-refractivity contribution in [2.45, 2.75) is 19.3 Å². The van der Waals surface area contributed by atoms with Gasteiger partial charge in [-0.25, -0.2) is 0 Å². The van der Waals surface area contributed by atoms with Crippen LogP contribution in [0.4, 0.5) is 0 Å². The zero-order valence-corrected chi connectivity index (χ0v) is 11.2. The zero-order valence-electron chi connectivity index (χ0n) is 10.4. The molecule has 0 saturated carbocycles. The van der Waals surface area contributed by atoms with Gasteiger partial charge in [0, 0.05) is 16.9 Å². The number of rotatable bonds is 5. The molecule has 0 spiro atoms. The summed E-state index contributed by atoms with van der Waals surface area (Å²) in [6, 6.07) is 2.00. The Hall–Kier alpha value is -1.20. The molecule has 1 atom stereocenters. The van der Waals surface area contributed by atoms with Crippen LogP contribution >= 0.6 is 11.3 Å². The minimum Gasteiger partial charge on any atom is -0.339 e. The molecule has 1 unspecified atom stereocenters. The number of hydrogen-bond acceptors (Lipinski definition) is 5. The fraction of sp³-hybridized carbons (Fsp3) is 0.500. The lowest BCUT2D eigenvalue weighted by molar-refractivity contribution is 0.328. The van der Waals surface area contributed by atoms with Gasteiger partial charge in [0.05, 0.1) is 0 Å². The number of nitrogens with zero attached hydrogens (tertiary/aromatic N) is 3. The molecule has 17 heavy (non-hydrogen) atoms. The number of aromatic nitrogens is 2. The normalized spacial score (nSPS) is 13.2. The second-order valence-electron chi connectivity index (χ2n) is 4.46. The molecule has 0 fully saturated rings. The molecule has 2 heterocycles. The van der Waals surface area contributed by atoms with Crippen molar-refractivity contribution >= 4 is 11.3 Å². The molecule has 92 valence electrons. The highest BCUT2D eigenvalue weighted by Crippen LogP contribution is 2.23. The maximum Gasteiger partial charge on any atom is 0.229 e. The molecule has 0 amide bonds. The van der Waals surface area contributed by atoms with Crippen molar-refractivity contribution in [1.29, 1.82) is 0 Å². The van der Waals surface area contributed by atoms with E-state index in [4.69, 9.17) is 4.52 Å². The van der Waals surface area contributed by atoms with Crippen molar-refractivity contribution in [3.63, 3.8) is 0 Å². The first-order valence-electron chi connectivity index (χ1n) is 5.67. The van der Waals surface area contributed by atoms with Crippen molar-refractivity contribution in [2.75, 3.05) is 20.6 Å². The maximum absolute atomic E-state index is 5.31. The first-order valence-corrected chi connectivity index (χ1v) is 6.62. The van der Waals surface area contributed by atoms with Crippen molar-refractivity contribution in [1.82, 2.24) is 15.0 Å². The van der Waals surface area contributed by atoms with E-state index in [9.17, 15) is 0 Å². The third-order valence-corrected chi connectivity index (χ3v) is 3.34. The lowest BCUT2D eigenvalue weighted by Gasteiger charge is -2.11. The van der Waals surface area contributed by atoms with E-state index in [1.165, 1.54) is 0 Å². The Morgan fingerprint density at radius 1 is 1.47 bits per heavy atom. The minimum absolute atomic E-state index is 0.303. The Morgan fingerprint density at radius 2 is 2.29 bits per heavy atom. The molecular formula is C12H17N3OS. The van der Waals surface area contributed by atoms with Gasteiger partial charge in [0.15, 0.2) is 0 Å². The van der Waals surface area contributed by atoms with Crippen molar-refractivity contribution in [3.8, 4) is 11.4 Å². The molecule has 0 aliphatic carbocycles. The summed E-state index contributed by atoms with van der Waals surface area (Å²) in [5.74, 6) is 1.73. The van der Waals surface area contributed by atoms with E-state index in [0.717, 1.165) is 24.4 Å². The molecule has 0 aromatic carbocycles. The van der Waals surface area contributed by atoms with Crippen LogP contribution in [0.5, 0.6) is 0 Å². The standard InChI is InChI=1S/C12H17N3OS/c1-9(4-6-15(2)3)12-13-11(14-16-12)10-5-7-17-8-10/h5,7-9H,4,6H2,1-3H3. The van der Waals surface area contributed by atoms with Gasteiger partial charge in [0.1, 0.15) is 0 Å². The van der Waals surface area contributed by atoms with Crippen LogP contribution in [0.1, 0.15) is 25.2 Å². The first kappa shape index (κ1) is 12.3. The largest absolute Gasteiger partial charge is 0.339 e. The topological polar surface area (TPSA) is 42.2 Å². The second-order valence-corrected chi connectivity index (χ2v) is 5.24. The van der Waals surface area contributed by atoms with Crippen LogP contribution in [-0.4, -0.2) is 35.7 Å². The molecule has 0 saturated heterocycles. The molecule has 0 bridgehead atoms. The number of thiophene rings is 1. The van der Waals surface area contributed by atoms with Gasteiger partial charge < -0.3 is 9.42 Å². The van der Waals surface area contributed by atoms with Crippen LogP contribution in [0.2, 0.25) is 0 Å². The molecule has 2 aromatic rings. The maximum atomic E-state index is 5.31. The summed E-state index contributed by atoms with van der Waals surface area (Å²) in [6.07, 6.45) is 1.03. The first-order chi connectivity index (χ1) is 8.16. The van der Waals surface area contributed by atoms with Crippen LogP contribution in [0.15, 0.2) is 21.3 Å². The van der Waals surface area contributed by atoms with E-state index in [1.807, 2.05) is 16.8 Å². The zero-order chi connectivity index (χ0) is 12.3. The predicted molar refractivity (Wildman–Crippen MR) is 69.2 cm³/mol. The Kier molecular flexibility index (Phi) is 3.91. The van der Waals surface area contributed by atoms with Crippen LogP contribution < -0.4 is 0 Å². The third-order valence-electron chi connectivity index (χ3n) is 2.65. The van der Waals surface area contributed by atoms with E-state index in [0.29, 0.717) is 11.7 Å². The fourth-order valence-corrected chi connectivity index (χ4v) is 2.15. The summed E-state index contributed by atoms with van der Waals surface area (Å²) in [4.78, 5) is 6.60. The Balaban J connectivity index is 2.03. The number of hydrogen-bond donors (Lipinski definition) is 0. The van der Waals surface area contributed by atoms with Crippen molar-refractivity contribution < 1.29 is 4.52 Å². The van der Waals surface area contributed by atoms with Gasteiger partial charge in [-0.2, -0.15) is 16.3 Å². The molecule has 2 aromatic heterocycles. The van der Waals surface area contributed by atoms with Crippen molar-refractivity contribution in [3.05, 3.63) is 22.7 Å². The third kappa shape index (κ3) is 3.14. The minimum atomic E-state index is 0.303. The molecule has 0 radical (unpaired) electrons. The second kappa shape index (κ2) is 5.42. The highest BCUT2D eigenvalue weighted by Gasteiger charge is 2.15. The summed E-state index contributed by atoms with van der Waals surface area (Å²) < 4.78 is 5.31. The Bertz CT molecular complexity index is 450. The highest BCUT2D eigenvalue weighted by atomic mass is 32.1. The van der Waals surface area contributed by atoms with Crippen LogP contribution in [-0.2, 0) is 0 Å². The summed E-state index contributed by atoms with van der Waals surface area (Å²) in [6.45, 7) is 3.14. The molecule has 0 aliphatic rings. The molecule has 4 nitrogen and oxygen atoms in total.